The number of anilines is 1. The molecule has 2 aromatic carbocycles. The van der Waals surface area contributed by atoms with Gasteiger partial charge in [-0.25, -0.2) is 0 Å². The van der Waals surface area contributed by atoms with Crippen molar-refractivity contribution in [3.63, 3.8) is 0 Å². The molecule has 0 spiro atoms. The van der Waals surface area contributed by atoms with Crippen LogP contribution in [0.25, 0.3) is 0 Å². The van der Waals surface area contributed by atoms with Crippen LogP contribution in [0.1, 0.15) is 36.8 Å². The molecule has 7 heteroatoms. The van der Waals surface area contributed by atoms with Crippen LogP contribution in [0.15, 0.2) is 36.4 Å². The summed E-state index contributed by atoms with van der Waals surface area (Å²) in [6.45, 7) is 5.29. The molecule has 0 aromatic heterocycles. The average molecular weight is 404 g/mol. The fourth-order valence-corrected chi connectivity index (χ4v) is 3.74. The number of carbonyl (C=O) groups is 1. The second kappa shape index (κ2) is 6.74. The highest BCUT2D eigenvalue weighted by atomic mass is 35.5. The molecule has 0 bridgehead atoms. The predicted octanol–water partition coefficient (Wildman–Crippen LogP) is 3.61. The minimum Gasteiger partial charge on any atom is -0.496 e. The minimum absolute atomic E-state index is 0.0411. The summed E-state index contributed by atoms with van der Waals surface area (Å²) in [5, 5.41) is 14.5. The molecule has 1 saturated heterocycles. The molecular formula is C21H22ClNO5. The third kappa shape index (κ3) is 3.06. The summed E-state index contributed by atoms with van der Waals surface area (Å²) in [4.78, 5) is 12.7. The number of carbonyl (C=O) groups excluding carboxylic acids is 1. The minimum atomic E-state index is -1.90. The van der Waals surface area contributed by atoms with Gasteiger partial charge in [0, 0.05) is 32.8 Å². The Morgan fingerprint density at radius 3 is 2.54 bits per heavy atom. The molecule has 0 saturated carbocycles. The van der Waals surface area contributed by atoms with Crippen LogP contribution in [0.2, 0.25) is 5.02 Å². The van der Waals surface area contributed by atoms with Crippen molar-refractivity contribution in [2.24, 2.45) is 5.41 Å². The lowest BCUT2D eigenvalue weighted by Crippen LogP contribution is -2.36. The molecule has 2 aliphatic heterocycles. The van der Waals surface area contributed by atoms with Crippen LogP contribution in [-0.2, 0) is 19.9 Å². The molecule has 1 unspecified atom stereocenters. The van der Waals surface area contributed by atoms with Gasteiger partial charge in [0.05, 0.1) is 20.3 Å². The molecule has 0 radical (unpaired) electrons. The van der Waals surface area contributed by atoms with Gasteiger partial charge in [0.25, 0.3) is 5.91 Å². The van der Waals surface area contributed by atoms with Crippen LogP contribution in [0.4, 0.5) is 5.69 Å². The van der Waals surface area contributed by atoms with E-state index in [0.29, 0.717) is 40.8 Å². The number of hydrogen-bond acceptors (Lipinski definition) is 5. The Morgan fingerprint density at radius 2 is 1.86 bits per heavy atom. The van der Waals surface area contributed by atoms with Gasteiger partial charge < -0.3 is 24.6 Å². The molecule has 4 rings (SSSR count). The number of amides is 1. The molecule has 28 heavy (non-hydrogen) atoms. The van der Waals surface area contributed by atoms with Crippen LogP contribution in [0.5, 0.6) is 5.75 Å². The van der Waals surface area contributed by atoms with E-state index in [2.05, 4.69) is 19.2 Å². The topological polar surface area (TPSA) is 77.0 Å². The largest absolute Gasteiger partial charge is 0.496 e. The first-order valence-corrected chi connectivity index (χ1v) is 9.38. The molecule has 6 nitrogen and oxygen atoms in total. The van der Waals surface area contributed by atoms with Crippen molar-refractivity contribution < 1.29 is 24.1 Å². The standard InChI is InChI=1S/C21H22ClNO5/c1-20(2)10-27-18(28-11-20)12-4-6-14(17(8-12)26-3)21(25)15-9-13(22)5-7-16(15)23-19(21)24/h4-9,18,25H,10-11H2,1-3H3,(H,23,24). The highest BCUT2D eigenvalue weighted by molar-refractivity contribution is 6.31. The summed E-state index contributed by atoms with van der Waals surface area (Å²) in [6, 6.07) is 10.1. The molecule has 2 aliphatic rings. The quantitative estimate of drug-likeness (QED) is 0.818. The summed E-state index contributed by atoms with van der Waals surface area (Å²) in [5.41, 5.74) is 0.0473. The number of rotatable bonds is 3. The van der Waals surface area contributed by atoms with Gasteiger partial charge in [-0.3, -0.25) is 4.79 Å². The van der Waals surface area contributed by atoms with Crippen LogP contribution < -0.4 is 10.1 Å². The van der Waals surface area contributed by atoms with Crippen LogP contribution in [-0.4, -0.2) is 31.3 Å². The number of benzene rings is 2. The number of halogens is 1. The van der Waals surface area contributed by atoms with E-state index in [9.17, 15) is 9.90 Å². The summed E-state index contributed by atoms with van der Waals surface area (Å²) in [6.07, 6.45) is -0.523. The van der Waals surface area contributed by atoms with Crippen molar-refractivity contribution in [2.75, 3.05) is 25.6 Å². The number of aliphatic hydroxyl groups is 1. The Hall–Kier alpha value is -2.12. The number of ether oxygens (including phenoxy) is 3. The maximum atomic E-state index is 12.7. The first-order valence-electron chi connectivity index (χ1n) is 9.00. The predicted molar refractivity (Wildman–Crippen MR) is 105 cm³/mol. The van der Waals surface area contributed by atoms with E-state index in [1.165, 1.54) is 7.11 Å². The second-order valence-corrected chi connectivity index (χ2v) is 8.37. The number of fused-ring (bicyclic) bond motifs is 1. The Labute approximate surface area is 168 Å². The molecule has 2 aromatic rings. The van der Waals surface area contributed by atoms with Crippen molar-refractivity contribution in [1.29, 1.82) is 0 Å². The third-order valence-electron chi connectivity index (χ3n) is 5.09. The number of methoxy groups -OCH3 is 1. The second-order valence-electron chi connectivity index (χ2n) is 7.93. The zero-order valence-corrected chi connectivity index (χ0v) is 16.7. The first-order chi connectivity index (χ1) is 13.2. The lowest BCUT2D eigenvalue weighted by Gasteiger charge is -2.35. The smallest absolute Gasteiger partial charge is 0.266 e. The van der Waals surface area contributed by atoms with Gasteiger partial charge in [0.1, 0.15) is 5.75 Å². The monoisotopic (exact) mass is 403 g/mol. The fraction of sp³-hybridized carbons (Fsp3) is 0.381. The van der Waals surface area contributed by atoms with Crippen molar-refractivity contribution >= 4 is 23.2 Å². The summed E-state index contributed by atoms with van der Waals surface area (Å²) in [5.74, 6) is -0.192. The summed E-state index contributed by atoms with van der Waals surface area (Å²) in [7, 11) is 1.49. The molecule has 2 heterocycles. The van der Waals surface area contributed by atoms with Gasteiger partial charge in [0.15, 0.2) is 11.9 Å². The van der Waals surface area contributed by atoms with Gasteiger partial charge in [-0.15, -0.1) is 0 Å². The van der Waals surface area contributed by atoms with Crippen LogP contribution in [0.3, 0.4) is 0 Å². The van der Waals surface area contributed by atoms with E-state index in [4.69, 9.17) is 25.8 Å². The lowest BCUT2D eigenvalue weighted by molar-refractivity contribution is -0.226. The lowest BCUT2D eigenvalue weighted by atomic mass is 9.86. The summed E-state index contributed by atoms with van der Waals surface area (Å²) >= 11 is 6.09. The third-order valence-corrected chi connectivity index (χ3v) is 5.32. The van der Waals surface area contributed by atoms with Crippen molar-refractivity contribution in [1.82, 2.24) is 0 Å². The Balaban J connectivity index is 1.73. The SMILES string of the molecule is COc1cc(C2OCC(C)(C)CO2)ccc1C1(O)C(=O)Nc2ccc(Cl)cc21. The van der Waals surface area contributed by atoms with Gasteiger partial charge in [-0.2, -0.15) is 0 Å². The van der Waals surface area contributed by atoms with Crippen LogP contribution in [0, 0.1) is 5.41 Å². The molecular weight excluding hydrogens is 382 g/mol. The van der Waals surface area contributed by atoms with Gasteiger partial charge in [-0.1, -0.05) is 37.6 Å². The normalized spacial score (nSPS) is 24.0. The first kappa shape index (κ1) is 19.2. The molecule has 1 amide bonds. The van der Waals surface area contributed by atoms with Gasteiger partial charge in [0.2, 0.25) is 0 Å². The Morgan fingerprint density at radius 1 is 1.14 bits per heavy atom. The van der Waals surface area contributed by atoms with E-state index in [-0.39, 0.29) is 5.41 Å². The molecule has 0 aliphatic carbocycles. The molecule has 148 valence electrons. The van der Waals surface area contributed by atoms with E-state index in [1.54, 1.807) is 36.4 Å². The maximum absolute atomic E-state index is 12.7. The van der Waals surface area contributed by atoms with Gasteiger partial charge in [-0.05, 0) is 24.3 Å². The Bertz CT molecular complexity index is 934. The highest BCUT2D eigenvalue weighted by Gasteiger charge is 2.48. The maximum Gasteiger partial charge on any atom is 0.266 e. The van der Waals surface area contributed by atoms with E-state index < -0.39 is 17.8 Å². The highest BCUT2D eigenvalue weighted by Crippen LogP contribution is 2.46. The zero-order valence-electron chi connectivity index (χ0n) is 15.9. The van der Waals surface area contributed by atoms with Gasteiger partial charge >= 0.3 is 0 Å². The molecule has 1 fully saturated rings. The van der Waals surface area contributed by atoms with Crippen LogP contribution >= 0.6 is 11.6 Å². The van der Waals surface area contributed by atoms with Crippen molar-refractivity contribution in [2.45, 2.75) is 25.7 Å². The average Bonchev–Trinajstić information content (AvgIpc) is 2.92. The Kier molecular flexibility index (Phi) is 4.62. The van der Waals surface area contributed by atoms with E-state index in [1.807, 2.05) is 0 Å². The molecule has 1 atom stereocenters. The van der Waals surface area contributed by atoms with Crippen molar-refractivity contribution in [3.8, 4) is 5.75 Å². The van der Waals surface area contributed by atoms with Crippen molar-refractivity contribution in [3.05, 3.63) is 58.1 Å². The zero-order chi connectivity index (χ0) is 20.1. The molecule has 2 N–H and O–H groups in total. The number of nitrogens with one attached hydrogen (secondary N) is 1. The van der Waals surface area contributed by atoms with E-state index >= 15 is 0 Å². The van der Waals surface area contributed by atoms with E-state index in [0.717, 1.165) is 5.56 Å². The fourth-order valence-electron chi connectivity index (χ4n) is 3.57. The summed E-state index contributed by atoms with van der Waals surface area (Å²) < 4.78 is 17.2. The number of hydrogen-bond donors (Lipinski definition) is 2.